The smallest absolute Gasteiger partial charge is 0.256 e. The van der Waals surface area contributed by atoms with E-state index in [1.54, 1.807) is 30.5 Å². The molecule has 3 rings (SSSR count). The van der Waals surface area contributed by atoms with Crippen molar-refractivity contribution in [3.8, 4) is 0 Å². The summed E-state index contributed by atoms with van der Waals surface area (Å²) in [5, 5.41) is 3.22. The van der Waals surface area contributed by atoms with Gasteiger partial charge in [0.15, 0.2) is 0 Å². The lowest BCUT2D eigenvalue weighted by Gasteiger charge is -2.10. The molecule has 4 nitrogen and oxygen atoms in total. The van der Waals surface area contributed by atoms with Crippen LogP contribution in [-0.2, 0) is 0 Å². The molecule has 0 fully saturated rings. The van der Waals surface area contributed by atoms with E-state index >= 15 is 0 Å². The monoisotopic (exact) mass is 281 g/mol. The minimum absolute atomic E-state index is 0.0107. The number of pyridine rings is 1. The van der Waals surface area contributed by atoms with Crippen molar-refractivity contribution in [1.82, 2.24) is 4.98 Å². The molecule has 2 aromatic carbocycles. The molecule has 0 saturated carbocycles. The van der Waals surface area contributed by atoms with Gasteiger partial charge in [-0.05, 0) is 30.3 Å². The largest absolute Gasteiger partial charge is 0.397 e. The van der Waals surface area contributed by atoms with Crippen molar-refractivity contribution in [2.45, 2.75) is 0 Å². The summed E-state index contributed by atoms with van der Waals surface area (Å²) in [5.41, 5.74) is 6.99. The van der Waals surface area contributed by atoms with E-state index in [1.807, 2.05) is 6.07 Å². The van der Waals surface area contributed by atoms with Crippen molar-refractivity contribution in [1.29, 1.82) is 0 Å². The van der Waals surface area contributed by atoms with Crippen LogP contribution < -0.4 is 11.1 Å². The normalized spacial score (nSPS) is 10.5. The van der Waals surface area contributed by atoms with Gasteiger partial charge >= 0.3 is 0 Å². The first-order valence-corrected chi connectivity index (χ1v) is 6.36. The van der Waals surface area contributed by atoms with Gasteiger partial charge in [0.2, 0.25) is 0 Å². The summed E-state index contributed by atoms with van der Waals surface area (Å²) in [6.45, 7) is 0. The molecule has 0 aliphatic carbocycles. The molecule has 1 heterocycles. The Morgan fingerprint density at radius 3 is 2.71 bits per heavy atom. The Morgan fingerprint density at radius 2 is 1.90 bits per heavy atom. The number of para-hydroxylation sites is 1. The molecule has 5 heteroatoms. The van der Waals surface area contributed by atoms with E-state index in [-0.39, 0.29) is 11.4 Å². The summed E-state index contributed by atoms with van der Waals surface area (Å²) in [4.78, 5) is 16.6. The summed E-state index contributed by atoms with van der Waals surface area (Å²) in [7, 11) is 0. The summed E-state index contributed by atoms with van der Waals surface area (Å²) >= 11 is 0. The number of hydrogen-bond acceptors (Lipinski definition) is 3. The zero-order valence-corrected chi connectivity index (χ0v) is 11.0. The molecule has 0 bridgehead atoms. The second kappa shape index (κ2) is 5.20. The first kappa shape index (κ1) is 13.1. The Labute approximate surface area is 120 Å². The highest BCUT2D eigenvalue weighted by molar-refractivity contribution is 6.13. The summed E-state index contributed by atoms with van der Waals surface area (Å²) < 4.78 is 13.7. The molecule has 0 saturated heterocycles. The molecule has 21 heavy (non-hydrogen) atoms. The van der Waals surface area contributed by atoms with E-state index in [2.05, 4.69) is 10.3 Å². The summed E-state index contributed by atoms with van der Waals surface area (Å²) in [6.07, 6.45) is 1.65. The molecule has 3 N–H and O–H groups in total. The Hall–Kier alpha value is -2.95. The number of nitrogens with zero attached hydrogens (tertiary/aromatic N) is 1. The topological polar surface area (TPSA) is 68.0 Å². The number of carbonyl (C=O) groups excluding carboxylic acids is 1. The Balaban J connectivity index is 2.02. The second-order valence-corrected chi connectivity index (χ2v) is 4.53. The molecule has 1 aromatic heterocycles. The average molecular weight is 281 g/mol. The van der Waals surface area contributed by atoms with E-state index < -0.39 is 11.7 Å². The Kier molecular flexibility index (Phi) is 3.23. The molecule has 0 aliphatic rings. The van der Waals surface area contributed by atoms with Crippen LogP contribution in [0.5, 0.6) is 0 Å². The number of anilines is 2. The maximum absolute atomic E-state index is 13.7. The number of nitrogens with two attached hydrogens (primary N) is 1. The molecule has 0 aliphatic heterocycles. The van der Waals surface area contributed by atoms with E-state index in [1.165, 1.54) is 18.2 Å². The third-order valence-electron chi connectivity index (χ3n) is 3.17. The molecule has 1 amide bonds. The van der Waals surface area contributed by atoms with Gasteiger partial charge in [-0.3, -0.25) is 9.78 Å². The van der Waals surface area contributed by atoms with Gasteiger partial charge in [-0.15, -0.1) is 0 Å². The predicted molar refractivity (Wildman–Crippen MR) is 80.5 cm³/mol. The van der Waals surface area contributed by atoms with E-state index in [0.717, 1.165) is 0 Å². The maximum Gasteiger partial charge on any atom is 0.256 e. The SMILES string of the molecule is Nc1cccc(F)c1NC(=O)c1cccc2ncccc12. The first-order valence-electron chi connectivity index (χ1n) is 6.36. The van der Waals surface area contributed by atoms with Crippen LogP contribution in [0.15, 0.2) is 54.7 Å². The van der Waals surface area contributed by atoms with Crippen LogP contribution in [0, 0.1) is 5.82 Å². The van der Waals surface area contributed by atoms with Crippen molar-refractivity contribution >= 4 is 28.2 Å². The fourth-order valence-electron chi connectivity index (χ4n) is 2.15. The number of benzene rings is 2. The zero-order valence-electron chi connectivity index (χ0n) is 11.0. The van der Waals surface area contributed by atoms with Crippen LogP contribution in [0.25, 0.3) is 10.9 Å². The van der Waals surface area contributed by atoms with Crippen molar-refractivity contribution in [2.75, 3.05) is 11.1 Å². The average Bonchev–Trinajstić information content (AvgIpc) is 2.50. The number of rotatable bonds is 2. The number of aromatic nitrogens is 1. The van der Waals surface area contributed by atoms with Crippen LogP contribution in [-0.4, -0.2) is 10.9 Å². The van der Waals surface area contributed by atoms with Crippen molar-refractivity contribution in [3.63, 3.8) is 0 Å². The summed E-state index contributed by atoms with van der Waals surface area (Å²) in [6, 6.07) is 13.0. The number of hydrogen-bond donors (Lipinski definition) is 2. The summed E-state index contributed by atoms with van der Waals surface area (Å²) in [5.74, 6) is -0.993. The Bertz CT molecular complexity index is 807. The van der Waals surface area contributed by atoms with E-state index in [9.17, 15) is 9.18 Å². The zero-order chi connectivity index (χ0) is 14.8. The molecular weight excluding hydrogens is 269 g/mol. The van der Waals surface area contributed by atoms with Gasteiger partial charge in [0, 0.05) is 17.1 Å². The molecule has 3 aromatic rings. The third-order valence-corrected chi connectivity index (χ3v) is 3.17. The van der Waals surface area contributed by atoms with Crippen LogP contribution in [0.1, 0.15) is 10.4 Å². The van der Waals surface area contributed by atoms with Crippen LogP contribution >= 0.6 is 0 Å². The third kappa shape index (κ3) is 2.41. The van der Waals surface area contributed by atoms with Gasteiger partial charge in [-0.2, -0.15) is 0 Å². The lowest BCUT2D eigenvalue weighted by Crippen LogP contribution is -2.15. The van der Waals surface area contributed by atoms with E-state index in [0.29, 0.717) is 16.5 Å². The second-order valence-electron chi connectivity index (χ2n) is 4.53. The van der Waals surface area contributed by atoms with Crippen molar-refractivity contribution < 1.29 is 9.18 Å². The molecule has 0 spiro atoms. The molecule has 0 atom stereocenters. The molecule has 0 radical (unpaired) electrons. The highest BCUT2D eigenvalue weighted by Gasteiger charge is 2.14. The number of carbonyl (C=O) groups is 1. The standard InChI is InChI=1S/C16H12FN3O/c17-12-6-2-7-13(18)15(12)20-16(21)11-4-1-8-14-10(11)5-3-9-19-14/h1-9H,18H2,(H,20,21). The van der Waals surface area contributed by atoms with Gasteiger partial charge in [0.05, 0.1) is 11.2 Å². The van der Waals surface area contributed by atoms with Gasteiger partial charge in [0.25, 0.3) is 5.91 Å². The minimum Gasteiger partial charge on any atom is -0.397 e. The Morgan fingerprint density at radius 1 is 1.10 bits per heavy atom. The van der Waals surface area contributed by atoms with E-state index in [4.69, 9.17) is 5.73 Å². The highest BCUT2D eigenvalue weighted by atomic mass is 19.1. The van der Waals surface area contributed by atoms with Gasteiger partial charge in [0.1, 0.15) is 11.5 Å². The number of nitrogens with one attached hydrogen (secondary N) is 1. The predicted octanol–water partition coefficient (Wildman–Crippen LogP) is 3.21. The molecular formula is C16H12FN3O. The van der Waals surface area contributed by atoms with Gasteiger partial charge < -0.3 is 11.1 Å². The van der Waals surface area contributed by atoms with Crippen LogP contribution in [0.2, 0.25) is 0 Å². The minimum atomic E-state index is -0.568. The van der Waals surface area contributed by atoms with Gasteiger partial charge in [-0.1, -0.05) is 18.2 Å². The fraction of sp³-hybridized carbons (Fsp3) is 0. The van der Waals surface area contributed by atoms with Crippen LogP contribution in [0.3, 0.4) is 0 Å². The van der Waals surface area contributed by atoms with Crippen LogP contribution in [0.4, 0.5) is 15.8 Å². The number of nitrogen functional groups attached to an aromatic ring is 1. The lowest BCUT2D eigenvalue weighted by molar-refractivity contribution is 0.102. The molecule has 0 unspecified atom stereocenters. The number of halogens is 1. The maximum atomic E-state index is 13.7. The first-order chi connectivity index (χ1) is 10.2. The lowest BCUT2D eigenvalue weighted by atomic mass is 10.1. The highest BCUT2D eigenvalue weighted by Crippen LogP contribution is 2.24. The van der Waals surface area contributed by atoms with Crippen molar-refractivity contribution in [3.05, 3.63) is 66.1 Å². The number of fused-ring (bicyclic) bond motifs is 1. The molecule has 104 valence electrons. The van der Waals surface area contributed by atoms with Gasteiger partial charge in [-0.25, -0.2) is 4.39 Å². The fourth-order valence-corrected chi connectivity index (χ4v) is 2.15. The van der Waals surface area contributed by atoms with Crippen molar-refractivity contribution in [2.24, 2.45) is 0 Å². The number of amides is 1. The quantitative estimate of drug-likeness (QED) is 0.709.